The molecule has 2 N–H and O–H groups in total. The molecule has 4 rings (SSSR count). The number of aromatic nitrogens is 2. The second-order valence-corrected chi connectivity index (χ2v) is 8.03. The van der Waals surface area contributed by atoms with Gasteiger partial charge in [0, 0.05) is 32.2 Å². The van der Waals surface area contributed by atoms with Crippen LogP contribution in [-0.2, 0) is 24.4 Å². The number of carbonyl (C=O) groups is 2. The minimum atomic E-state index is -0.0964. The maximum absolute atomic E-state index is 12.5. The van der Waals surface area contributed by atoms with Gasteiger partial charge in [-0.2, -0.15) is 5.10 Å². The van der Waals surface area contributed by atoms with Gasteiger partial charge in [0.15, 0.2) is 0 Å². The Morgan fingerprint density at radius 2 is 2.00 bits per heavy atom. The first-order chi connectivity index (χ1) is 13.1. The molecule has 1 aromatic heterocycles. The highest BCUT2D eigenvalue weighted by Crippen LogP contribution is 2.29. The number of hydrogen-bond acceptors (Lipinski definition) is 4. The molecule has 1 saturated carbocycles. The summed E-state index contributed by atoms with van der Waals surface area (Å²) in [4.78, 5) is 28.6. The van der Waals surface area contributed by atoms with Crippen molar-refractivity contribution in [3.05, 3.63) is 17.5 Å². The molecule has 2 aliphatic heterocycles. The molecule has 3 amide bonds. The molecule has 2 fully saturated rings. The molecular formula is C19H29N5O3. The van der Waals surface area contributed by atoms with E-state index in [0.717, 1.165) is 43.6 Å². The number of urea groups is 1. The van der Waals surface area contributed by atoms with E-state index in [1.807, 2.05) is 15.6 Å². The quantitative estimate of drug-likeness (QED) is 0.819. The Balaban J connectivity index is 1.30. The van der Waals surface area contributed by atoms with Crippen molar-refractivity contribution in [2.75, 3.05) is 26.2 Å². The van der Waals surface area contributed by atoms with Gasteiger partial charge in [-0.3, -0.25) is 9.48 Å². The van der Waals surface area contributed by atoms with Crippen LogP contribution < -0.4 is 5.32 Å². The Labute approximate surface area is 159 Å². The van der Waals surface area contributed by atoms with E-state index in [2.05, 4.69) is 10.4 Å². The Bertz CT molecular complexity index is 700. The summed E-state index contributed by atoms with van der Waals surface area (Å²) in [7, 11) is 0. The summed E-state index contributed by atoms with van der Waals surface area (Å²) >= 11 is 0. The van der Waals surface area contributed by atoms with E-state index in [1.165, 1.54) is 6.42 Å². The predicted molar refractivity (Wildman–Crippen MR) is 98.6 cm³/mol. The number of hydrogen-bond donors (Lipinski definition) is 2. The Hall–Kier alpha value is -2.09. The molecule has 3 heterocycles. The van der Waals surface area contributed by atoms with Gasteiger partial charge in [0.25, 0.3) is 0 Å². The smallest absolute Gasteiger partial charge is 0.317 e. The van der Waals surface area contributed by atoms with E-state index in [1.54, 1.807) is 4.90 Å². The summed E-state index contributed by atoms with van der Waals surface area (Å²) in [5.41, 5.74) is 1.86. The van der Waals surface area contributed by atoms with Gasteiger partial charge in [-0.15, -0.1) is 0 Å². The summed E-state index contributed by atoms with van der Waals surface area (Å²) in [5, 5.41) is 16.8. The van der Waals surface area contributed by atoms with Crippen molar-refractivity contribution >= 4 is 11.9 Å². The summed E-state index contributed by atoms with van der Waals surface area (Å²) in [6, 6.07) is 1.90. The van der Waals surface area contributed by atoms with Crippen LogP contribution in [0.5, 0.6) is 0 Å². The van der Waals surface area contributed by atoms with Crippen molar-refractivity contribution < 1.29 is 14.7 Å². The number of fused-ring (bicyclic) bond motifs is 1. The monoisotopic (exact) mass is 375 g/mol. The van der Waals surface area contributed by atoms with Crippen LogP contribution in [0.3, 0.4) is 0 Å². The predicted octanol–water partition coefficient (Wildman–Crippen LogP) is 0.939. The van der Waals surface area contributed by atoms with Crippen LogP contribution in [0.25, 0.3) is 0 Å². The van der Waals surface area contributed by atoms with E-state index in [0.29, 0.717) is 32.7 Å². The fourth-order valence-corrected chi connectivity index (χ4v) is 4.19. The van der Waals surface area contributed by atoms with E-state index in [4.69, 9.17) is 0 Å². The Morgan fingerprint density at radius 3 is 2.74 bits per heavy atom. The number of aliphatic hydroxyl groups excluding tert-OH is 1. The molecule has 8 nitrogen and oxygen atoms in total. The number of nitrogens with one attached hydrogen (secondary N) is 1. The number of amides is 3. The first kappa shape index (κ1) is 18.3. The molecule has 148 valence electrons. The topological polar surface area (TPSA) is 90.7 Å². The number of piperidine rings is 1. The van der Waals surface area contributed by atoms with Crippen molar-refractivity contribution in [2.24, 2.45) is 11.8 Å². The maximum atomic E-state index is 12.5. The lowest BCUT2D eigenvalue weighted by Gasteiger charge is -2.34. The normalized spacial score (nSPS) is 22.9. The third-order valence-corrected chi connectivity index (χ3v) is 6.10. The van der Waals surface area contributed by atoms with Gasteiger partial charge < -0.3 is 20.2 Å². The highest BCUT2D eigenvalue weighted by atomic mass is 16.3. The minimum absolute atomic E-state index is 0.0964. The molecule has 0 spiro atoms. The standard InChI is InChI=1S/C19H29N5O3/c25-13-14-3-2-6-23(11-14)19(27)20-10-16-9-17-12-22(7-8-24(17)21-16)18(26)15-4-1-5-15/h9,14-15,25H,1-8,10-13H2,(H,20,27)/t14-/m1/s1. The maximum Gasteiger partial charge on any atom is 0.317 e. The molecule has 0 aromatic carbocycles. The van der Waals surface area contributed by atoms with Crippen LogP contribution in [0.1, 0.15) is 43.5 Å². The first-order valence-electron chi connectivity index (χ1n) is 10.1. The van der Waals surface area contributed by atoms with Crippen LogP contribution in [0.4, 0.5) is 4.79 Å². The van der Waals surface area contributed by atoms with Gasteiger partial charge >= 0.3 is 6.03 Å². The third-order valence-electron chi connectivity index (χ3n) is 6.10. The Kier molecular flexibility index (Phi) is 5.33. The van der Waals surface area contributed by atoms with Gasteiger partial charge in [0.05, 0.1) is 31.0 Å². The highest BCUT2D eigenvalue weighted by Gasteiger charge is 2.31. The van der Waals surface area contributed by atoms with E-state index in [9.17, 15) is 14.7 Å². The number of likely N-dealkylation sites (tertiary alicyclic amines) is 1. The van der Waals surface area contributed by atoms with Crippen molar-refractivity contribution in [2.45, 2.75) is 51.7 Å². The number of carbonyl (C=O) groups excluding carboxylic acids is 2. The minimum Gasteiger partial charge on any atom is -0.396 e. The summed E-state index contributed by atoms with van der Waals surface area (Å²) in [6.07, 6.45) is 5.13. The third kappa shape index (κ3) is 3.95. The fourth-order valence-electron chi connectivity index (χ4n) is 4.19. The molecule has 1 aliphatic carbocycles. The van der Waals surface area contributed by atoms with Crippen molar-refractivity contribution in [1.29, 1.82) is 0 Å². The molecule has 0 unspecified atom stereocenters. The van der Waals surface area contributed by atoms with E-state index >= 15 is 0 Å². The molecule has 1 atom stereocenters. The largest absolute Gasteiger partial charge is 0.396 e. The zero-order chi connectivity index (χ0) is 18.8. The van der Waals surface area contributed by atoms with Gasteiger partial charge in [0.1, 0.15) is 0 Å². The average Bonchev–Trinajstić information content (AvgIpc) is 3.06. The first-order valence-corrected chi connectivity index (χ1v) is 10.1. The highest BCUT2D eigenvalue weighted by molar-refractivity contribution is 5.79. The average molecular weight is 375 g/mol. The van der Waals surface area contributed by atoms with Gasteiger partial charge in [-0.05, 0) is 37.7 Å². The summed E-state index contributed by atoms with van der Waals surface area (Å²) in [6.45, 7) is 3.91. The second-order valence-electron chi connectivity index (χ2n) is 8.03. The van der Waals surface area contributed by atoms with E-state index < -0.39 is 0 Å². The van der Waals surface area contributed by atoms with Crippen LogP contribution in [0, 0.1) is 11.8 Å². The molecule has 0 radical (unpaired) electrons. The molecule has 8 heteroatoms. The number of rotatable bonds is 4. The molecule has 1 aromatic rings. The van der Waals surface area contributed by atoms with Crippen molar-refractivity contribution in [3.8, 4) is 0 Å². The molecule has 3 aliphatic rings. The van der Waals surface area contributed by atoms with Crippen molar-refractivity contribution in [3.63, 3.8) is 0 Å². The number of aliphatic hydroxyl groups is 1. The van der Waals surface area contributed by atoms with Gasteiger partial charge in [-0.25, -0.2) is 4.79 Å². The molecular weight excluding hydrogens is 346 g/mol. The lowest BCUT2D eigenvalue weighted by atomic mass is 9.84. The van der Waals surface area contributed by atoms with Crippen LogP contribution in [-0.4, -0.2) is 62.9 Å². The second kappa shape index (κ2) is 7.88. The van der Waals surface area contributed by atoms with Gasteiger partial charge in [0.2, 0.25) is 5.91 Å². The Morgan fingerprint density at radius 1 is 1.15 bits per heavy atom. The van der Waals surface area contributed by atoms with E-state index in [-0.39, 0.29) is 30.4 Å². The lowest BCUT2D eigenvalue weighted by molar-refractivity contribution is -0.139. The fraction of sp³-hybridized carbons (Fsp3) is 0.737. The zero-order valence-corrected chi connectivity index (χ0v) is 15.8. The van der Waals surface area contributed by atoms with Crippen LogP contribution in [0.2, 0.25) is 0 Å². The zero-order valence-electron chi connectivity index (χ0n) is 15.8. The van der Waals surface area contributed by atoms with Crippen molar-refractivity contribution in [1.82, 2.24) is 24.9 Å². The molecule has 27 heavy (non-hydrogen) atoms. The van der Waals surface area contributed by atoms with Gasteiger partial charge in [-0.1, -0.05) is 6.42 Å². The molecule has 0 bridgehead atoms. The van der Waals surface area contributed by atoms with Crippen LogP contribution >= 0.6 is 0 Å². The number of nitrogens with zero attached hydrogens (tertiary/aromatic N) is 4. The summed E-state index contributed by atoms with van der Waals surface area (Å²) in [5.74, 6) is 0.696. The SMILES string of the molecule is O=C(NCc1cc2n(n1)CCN(C(=O)C1CCC1)C2)N1CCC[C@@H](CO)C1. The molecule has 1 saturated heterocycles. The summed E-state index contributed by atoms with van der Waals surface area (Å²) < 4.78 is 1.95. The van der Waals surface area contributed by atoms with Crippen LogP contribution in [0.15, 0.2) is 6.07 Å². The lowest BCUT2D eigenvalue weighted by Crippen LogP contribution is -2.46.